The summed E-state index contributed by atoms with van der Waals surface area (Å²) in [4.78, 5) is 23.1. The van der Waals surface area contributed by atoms with Crippen molar-refractivity contribution in [2.45, 2.75) is 56.6 Å². The van der Waals surface area contributed by atoms with Gasteiger partial charge in [-0.15, -0.1) is 12.3 Å². The van der Waals surface area contributed by atoms with E-state index < -0.39 is 18.1 Å². The molecular weight excluding hydrogens is 270 g/mol. The number of amides is 1. The zero-order valence-electron chi connectivity index (χ0n) is 12.0. The van der Waals surface area contributed by atoms with Gasteiger partial charge in [-0.25, -0.2) is 9.59 Å². The van der Waals surface area contributed by atoms with Crippen LogP contribution in [0.25, 0.3) is 0 Å². The normalized spacial score (nSPS) is 37.6. The van der Waals surface area contributed by atoms with Gasteiger partial charge in [0.05, 0.1) is 0 Å². The number of aliphatic carboxylic acids is 1. The second-order valence-corrected chi connectivity index (χ2v) is 6.93. The summed E-state index contributed by atoms with van der Waals surface area (Å²) < 4.78 is 5.70. The highest BCUT2D eigenvalue weighted by atomic mass is 16.6. The Balaban J connectivity index is 1.62. The van der Waals surface area contributed by atoms with Crippen LogP contribution in [0.3, 0.4) is 0 Å². The molecule has 2 N–H and O–H groups in total. The highest BCUT2D eigenvalue weighted by Crippen LogP contribution is 2.57. The zero-order valence-corrected chi connectivity index (χ0v) is 12.0. The highest BCUT2D eigenvalue weighted by molar-refractivity contribution is 5.80. The van der Waals surface area contributed by atoms with E-state index in [0.29, 0.717) is 17.8 Å². The first-order valence-electron chi connectivity index (χ1n) is 7.65. The maximum Gasteiger partial charge on any atom is 0.408 e. The molecule has 114 valence electrons. The average molecular weight is 291 g/mol. The molecule has 4 rings (SSSR count). The summed E-state index contributed by atoms with van der Waals surface area (Å²) in [6.07, 6.45) is 11.0. The quantitative estimate of drug-likeness (QED) is 0.778. The van der Waals surface area contributed by atoms with Crippen molar-refractivity contribution < 1.29 is 19.4 Å². The second-order valence-electron chi connectivity index (χ2n) is 6.93. The molecule has 4 saturated carbocycles. The van der Waals surface area contributed by atoms with Crippen molar-refractivity contribution >= 4 is 12.1 Å². The number of nitrogens with one attached hydrogen (secondary N) is 1. The molecule has 21 heavy (non-hydrogen) atoms. The number of carboxylic acids is 1. The fraction of sp³-hybridized carbons (Fsp3) is 0.750. The van der Waals surface area contributed by atoms with Gasteiger partial charge in [0.1, 0.15) is 11.6 Å². The molecule has 1 atom stereocenters. The van der Waals surface area contributed by atoms with Crippen LogP contribution in [0.2, 0.25) is 0 Å². The molecule has 4 fully saturated rings. The van der Waals surface area contributed by atoms with Crippen LogP contribution in [-0.4, -0.2) is 28.8 Å². The van der Waals surface area contributed by atoms with Crippen molar-refractivity contribution in [1.82, 2.24) is 5.32 Å². The van der Waals surface area contributed by atoms with Gasteiger partial charge in [-0.1, -0.05) is 0 Å². The van der Waals surface area contributed by atoms with Gasteiger partial charge in [0, 0.05) is 6.42 Å². The molecule has 5 nitrogen and oxygen atoms in total. The summed E-state index contributed by atoms with van der Waals surface area (Å²) >= 11 is 0. The average Bonchev–Trinajstić information content (AvgIpc) is 2.35. The van der Waals surface area contributed by atoms with Crippen LogP contribution in [-0.2, 0) is 9.53 Å². The molecule has 0 aromatic carbocycles. The van der Waals surface area contributed by atoms with E-state index in [1.807, 2.05) is 0 Å². The fourth-order valence-electron chi connectivity index (χ4n) is 4.84. The molecule has 4 bridgehead atoms. The maximum atomic E-state index is 12.1. The summed E-state index contributed by atoms with van der Waals surface area (Å²) in [5, 5.41) is 11.4. The van der Waals surface area contributed by atoms with Crippen molar-refractivity contribution in [1.29, 1.82) is 0 Å². The summed E-state index contributed by atoms with van der Waals surface area (Å²) in [5.74, 6) is 3.15. The van der Waals surface area contributed by atoms with Gasteiger partial charge >= 0.3 is 12.1 Å². The topological polar surface area (TPSA) is 75.6 Å². The third-order valence-electron chi connectivity index (χ3n) is 5.20. The molecule has 5 heteroatoms. The smallest absolute Gasteiger partial charge is 0.408 e. The monoisotopic (exact) mass is 291 g/mol. The van der Waals surface area contributed by atoms with E-state index in [1.54, 1.807) is 0 Å². The van der Waals surface area contributed by atoms with Gasteiger partial charge in [0.25, 0.3) is 0 Å². The Kier molecular flexibility index (Phi) is 3.56. The molecular formula is C16H21NO4. The second kappa shape index (κ2) is 5.25. The van der Waals surface area contributed by atoms with Crippen LogP contribution in [0.1, 0.15) is 44.9 Å². The molecule has 0 unspecified atom stereocenters. The van der Waals surface area contributed by atoms with Crippen LogP contribution < -0.4 is 5.32 Å². The van der Waals surface area contributed by atoms with Crippen LogP contribution in [0, 0.1) is 30.1 Å². The molecule has 0 aromatic rings. The minimum absolute atomic E-state index is 0.0364. The third-order valence-corrected chi connectivity index (χ3v) is 5.20. The number of rotatable bonds is 4. The number of ether oxygens (including phenoxy) is 1. The van der Waals surface area contributed by atoms with Crippen molar-refractivity contribution in [3.63, 3.8) is 0 Å². The molecule has 0 aromatic heterocycles. The number of carboxylic acid groups (broad SMARTS) is 1. The molecule has 0 saturated heterocycles. The van der Waals surface area contributed by atoms with E-state index in [2.05, 4.69) is 11.2 Å². The lowest BCUT2D eigenvalue weighted by Crippen LogP contribution is -2.54. The first kappa shape index (κ1) is 14.2. The summed E-state index contributed by atoms with van der Waals surface area (Å²) in [6.45, 7) is 0. The van der Waals surface area contributed by atoms with E-state index in [1.165, 1.54) is 19.3 Å². The Morgan fingerprint density at radius 2 is 1.76 bits per heavy atom. The van der Waals surface area contributed by atoms with Crippen molar-refractivity contribution in [3.05, 3.63) is 0 Å². The molecule has 1 amide bonds. The van der Waals surface area contributed by atoms with Gasteiger partial charge in [-0.2, -0.15) is 0 Å². The molecule has 4 aliphatic carbocycles. The predicted molar refractivity (Wildman–Crippen MR) is 75.4 cm³/mol. The first-order chi connectivity index (χ1) is 9.99. The van der Waals surface area contributed by atoms with Crippen molar-refractivity contribution in [2.75, 3.05) is 0 Å². The number of terminal acetylenes is 1. The van der Waals surface area contributed by atoms with Gasteiger partial charge in [-0.05, 0) is 56.3 Å². The number of hydrogen-bond acceptors (Lipinski definition) is 3. The Morgan fingerprint density at radius 3 is 2.19 bits per heavy atom. The summed E-state index contributed by atoms with van der Waals surface area (Å²) in [5.41, 5.74) is -0.363. The SMILES string of the molecule is C#CC[C@H](NC(=O)OC12CC3CC(CC(C3)C1)C2)C(=O)O. The Bertz CT molecular complexity index is 458. The molecule has 0 radical (unpaired) electrons. The van der Waals surface area contributed by atoms with E-state index in [9.17, 15) is 9.59 Å². The fourth-order valence-corrected chi connectivity index (χ4v) is 4.84. The first-order valence-corrected chi connectivity index (χ1v) is 7.65. The van der Waals surface area contributed by atoms with Crippen LogP contribution in [0.4, 0.5) is 4.79 Å². The lowest BCUT2D eigenvalue weighted by Gasteiger charge is -2.55. The van der Waals surface area contributed by atoms with Gasteiger partial charge in [-0.3, -0.25) is 0 Å². The van der Waals surface area contributed by atoms with Crippen molar-refractivity contribution in [3.8, 4) is 12.3 Å². The van der Waals surface area contributed by atoms with E-state index in [0.717, 1.165) is 19.3 Å². The van der Waals surface area contributed by atoms with Crippen molar-refractivity contribution in [2.24, 2.45) is 17.8 Å². The Labute approximate surface area is 124 Å². The van der Waals surface area contributed by atoms with Crippen LogP contribution >= 0.6 is 0 Å². The van der Waals surface area contributed by atoms with Gasteiger partial charge in [0.15, 0.2) is 0 Å². The minimum Gasteiger partial charge on any atom is -0.480 e. The van der Waals surface area contributed by atoms with E-state index >= 15 is 0 Å². The third kappa shape index (κ3) is 2.85. The standard InChI is InChI=1S/C16H21NO4/c1-2-3-13(14(18)19)17-15(20)21-16-7-10-4-11(8-16)6-12(5-10)9-16/h1,10-13H,3-9H2,(H,17,20)(H,18,19)/t10?,11?,12?,13-,16?/m0/s1. The molecule has 0 spiro atoms. The van der Waals surface area contributed by atoms with Crippen LogP contribution in [0.15, 0.2) is 0 Å². The van der Waals surface area contributed by atoms with E-state index in [-0.39, 0.29) is 12.0 Å². The lowest BCUT2D eigenvalue weighted by molar-refractivity contribution is -0.141. The molecule has 0 aliphatic heterocycles. The summed E-state index contributed by atoms with van der Waals surface area (Å²) in [6, 6.07) is -1.07. The molecule has 4 aliphatic rings. The zero-order chi connectivity index (χ0) is 15.0. The number of alkyl carbamates (subject to hydrolysis) is 1. The Hall–Kier alpha value is -1.70. The lowest BCUT2D eigenvalue weighted by atomic mass is 9.54. The van der Waals surface area contributed by atoms with Gasteiger partial charge < -0.3 is 15.2 Å². The molecule has 0 heterocycles. The summed E-state index contributed by atoms with van der Waals surface area (Å²) in [7, 11) is 0. The Morgan fingerprint density at radius 1 is 1.24 bits per heavy atom. The predicted octanol–water partition coefficient (Wildman–Crippen LogP) is 2.16. The maximum absolute atomic E-state index is 12.1. The number of hydrogen-bond donors (Lipinski definition) is 2. The largest absolute Gasteiger partial charge is 0.480 e. The van der Waals surface area contributed by atoms with E-state index in [4.69, 9.17) is 16.3 Å². The number of carbonyl (C=O) groups is 2. The minimum atomic E-state index is -1.13. The van der Waals surface area contributed by atoms with Crippen LogP contribution in [0.5, 0.6) is 0 Å². The number of carbonyl (C=O) groups excluding carboxylic acids is 1. The highest BCUT2D eigenvalue weighted by Gasteiger charge is 2.53. The van der Waals surface area contributed by atoms with Gasteiger partial charge in [0.2, 0.25) is 0 Å².